The molecule has 0 aliphatic rings. The largest absolute Gasteiger partial charge is 0.352 e. The number of halogens is 3. The number of carbonyl (C=O) groups is 1. The minimum absolute atomic E-state index is 0.254. The minimum atomic E-state index is -1.58. The topological polar surface area (TPSA) is 42.0 Å². The number of pyridine rings is 1. The van der Waals surface area contributed by atoms with Crippen molar-refractivity contribution in [1.29, 1.82) is 0 Å². The number of hydrogen-bond donors (Lipinski definition) is 1. The molecule has 0 atom stereocenters. The van der Waals surface area contributed by atoms with E-state index in [-0.39, 0.29) is 5.56 Å². The molecule has 1 heterocycles. The van der Waals surface area contributed by atoms with Gasteiger partial charge in [-0.25, -0.2) is 13.2 Å². The molecular weight excluding hydrogens is 269 g/mol. The smallest absolute Gasteiger partial charge is 0.251 e. The first kappa shape index (κ1) is 14.0. The Morgan fingerprint density at radius 3 is 2.30 bits per heavy atom. The summed E-state index contributed by atoms with van der Waals surface area (Å²) in [7, 11) is 0. The fourth-order valence-corrected chi connectivity index (χ4v) is 1.66. The Morgan fingerprint density at radius 2 is 1.70 bits per heavy atom. The highest BCUT2D eigenvalue weighted by Crippen LogP contribution is 2.13. The van der Waals surface area contributed by atoms with Gasteiger partial charge in [0.25, 0.3) is 5.91 Å². The standard InChI is InChI=1S/C14H11F3N2O/c15-11-7-10(8-12(16)13(11)17)14(20)19-6-3-9-1-4-18-5-2-9/h1-2,4-5,7-8H,3,6H2,(H,19,20). The number of hydrogen-bond acceptors (Lipinski definition) is 2. The van der Waals surface area contributed by atoms with E-state index in [4.69, 9.17) is 0 Å². The zero-order valence-electron chi connectivity index (χ0n) is 10.4. The lowest BCUT2D eigenvalue weighted by molar-refractivity contribution is 0.0953. The molecule has 2 rings (SSSR count). The monoisotopic (exact) mass is 280 g/mol. The summed E-state index contributed by atoms with van der Waals surface area (Å²) in [5.74, 6) is -5.01. The van der Waals surface area contributed by atoms with Crippen LogP contribution >= 0.6 is 0 Å². The Hall–Kier alpha value is -2.37. The molecule has 0 unspecified atom stereocenters. The summed E-state index contributed by atoms with van der Waals surface area (Å²) in [6.45, 7) is 0.295. The maximum Gasteiger partial charge on any atom is 0.251 e. The molecular formula is C14H11F3N2O. The van der Waals surface area contributed by atoms with Crippen LogP contribution in [0.4, 0.5) is 13.2 Å². The van der Waals surface area contributed by atoms with Gasteiger partial charge in [0.2, 0.25) is 0 Å². The van der Waals surface area contributed by atoms with Crippen molar-refractivity contribution in [1.82, 2.24) is 10.3 Å². The van der Waals surface area contributed by atoms with Crippen molar-refractivity contribution >= 4 is 5.91 Å². The maximum atomic E-state index is 13.0. The van der Waals surface area contributed by atoms with E-state index in [9.17, 15) is 18.0 Å². The van der Waals surface area contributed by atoms with Crippen LogP contribution in [0, 0.1) is 17.5 Å². The Bertz CT molecular complexity index is 594. The molecule has 0 fully saturated rings. The van der Waals surface area contributed by atoms with Gasteiger partial charge in [0.1, 0.15) is 0 Å². The van der Waals surface area contributed by atoms with Crippen molar-refractivity contribution in [3.05, 3.63) is 65.2 Å². The van der Waals surface area contributed by atoms with Crippen LogP contribution in [0.3, 0.4) is 0 Å². The van der Waals surface area contributed by atoms with Gasteiger partial charge >= 0.3 is 0 Å². The molecule has 2 aromatic rings. The molecule has 0 saturated carbocycles. The van der Waals surface area contributed by atoms with Gasteiger partial charge in [0.05, 0.1) is 0 Å². The zero-order chi connectivity index (χ0) is 14.5. The molecule has 1 aromatic carbocycles. The Kier molecular flexibility index (Phi) is 4.34. The highest BCUT2D eigenvalue weighted by molar-refractivity contribution is 5.94. The zero-order valence-corrected chi connectivity index (χ0v) is 10.4. The summed E-state index contributed by atoms with van der Waals surface area (Å²) in [6.07, 6.45) is 3.81. The Labute approximate surface area is 113 Å². The first-order valence-electron chi connectivity index (χ1n) is 5.89. The van der Waals surface area contributed by atoms with Crippen LogP contribution in [-0.4, -0.2) is 17.4 Å². The van der Waals surface area contributed by atoms with E-state index in [0.717, 1.165) is 5.56 Å². The molecule has 0 bridgehead atoms. The van der Waals surface area contributed by atoms with Gasteiger partial charge in [-0.05, 0) is 36.2 Å². The highest BCUT2D eigenvalue weighted by atomic mass is 19.2. The van der Waals surface area contributed by atoms with Crippen LogP contribution in [0.5, 0.6) is 0 Å². The van der Waals surface area contributed by atoms with Crippen molar-refractivity contribution in [2.45, 2.75) is 6.42 Å². The SMILES string of the molecule is O=C(NCCc1ccncc1)c1cc(F)c(F)c(F)c1. The fourth-order valence-electron chi connectivity index (χ4n) is 1.66. The first-order valence-corrected chi connectivity index (χ1v) is 5.89. The second-order valence-electron chi connectivity index (χ2n) is 4.12. The minimum Gasteiger partial charge on any atom is -0.352 e. The van der Waals surface area contributed by atoms with Gasteiger partial charge in [-0.2, -0.15) is 0 Å². The summed E-state index contributed by atoms with van der Waals surface area (Å²) in [6, 6.07) is 4.92. The number of aromatic nitrogens is 1. The summed E-state index contributed by atoms with van der Waals surface area (Å²) < 4.78 is 38.7. The van der Waals surface area contributed by atoms with Gasteiger partial charge in [0.15, 0.2) is 17.5 Å². The second-order valence-corrected chi connectivity index (χ2v) is 4.12. The molecule has 0 aliphatic carbocycles. The molecule has 0 spiro atoms. The Morgan fingerprint density at radius 1 is 1.10 bits per heavy atom. The van der Waals surface area contributed by atoms with Crippen LogP contribution in [0.15, 0.2) is 36.7 Å². The molecule has 0 saturated heterocycles. The summed E-state index contributed by atoms with van der Waals surface area (Å²) in [5, 5.41) is 2.51. The summed E-state index contributed by atoms with van der Waals surface area (Å²) in [4.78, 5) is 15.5. The van der Waals surface area contributed by atoms with E-state index >= 15 is 0 Å². The molecule has 3 nitrogen and oxygen atoms in total. The summed E-state index contributed by atoms with van der Waals surface area (Å²) >= 11 is 0. The predicted molar refractivity (Wildman–Crippen MR) is 66.6 cm³/mol. The van der Waals surface area contributed by atoms with Crippen molar-refractivity contribution < 1.29 is 18.0 Å². The van der Waals surface area contributed by atoms with Gasteiger partial charge in [-0.3, -0.25) is 9.78 Å². The van der Waals surface area contributed by atoms with E-state index in [0.29, 0.717) is 25.1 Å². The van der Waals surface area contributed by atoms with Crippen LogP contribution in [-0.2, 0) is 6.42 Å². The normalized spacial score (nSPS) is 10.3. The van der Waals surface area contributed by atoms with Gasteiger partial charge in [-0.15, -0.1) is 0 Å². The van der Waals surface area contributed by atoms with Gasteiger partial charge in [-0.1, -0.05) is 0 Å². The molecule has 0 aliphatic heterocycles. The number of nitrogens with zero attached hydrogens (tertiary/aromatic N) is 1. The number of benzene rings is 1. The second kappa shape index (κ2) is 6.18. The highest BCUT2D eigenvalue weighted by Gasteiger charge is 2.14. The molecule has 1 N–H and O–H groups in total. The number of amides is 1. The molecule has 0 radical (unpaired) electrons. The third-order valence-electron chi connectivity index (χ3n) is 2.69. The first-order chi connectivity index (χ1) is 9.58. The van der Waals surface area contributed by atoms with E-state index < -0.39 is 23.4 Å². The van der Waals surface area contributed by atoms with Crippen molar-refractivity contribution in [3.63, 3.8) is 0 Å². The van der Waals surface area contributed by atoms with Gasteiger partial charge in [0, 0.05) is 24.5 Å². The lowest BCUT2D eigenvalue weighted by atomic mass is 10.1. The quantitative estimate of drug-likeness (QED) is 0.874. The van der Waals surface area contributed by atoms with E-state index in [1.54, 1.807) is 24.5 Å². The van der Waals surface area contributed by atoms with E-state index in [2.05, 4.69) is 10.3 Å². The predicted octanol–water partition coefficient (Wildman–Crippen LogP) is 2.47. The average Bonchev–Trinajstić information content (AvgIpc) is 2.45. The third kappa shape index (κ3) is 3.34. The lowest BCUT2D eigenvalue weighted by Gasteiger charge is -2.06. The van der Waals surface area contributed by atoms with E-state index in [1.807, 2.05) is 0 Å². The lowest BCUT2D eigenvalue weighted by Crippen LogP contribution is -2.26. The van der Waals surface area contributed by atoms with Crippen LogP contribution in [0.25, 0.3) is 0 Å². The van der Waals surface area contributed by atoms with Crippen LogP contribution in [0.2, 0.25) is 0 Å². The van der Waals surface area contributed by atoms with Crippen molar-refractivity contribution in [2.75, 3.05) is 6.54 Å². The maximum absolute atomic E-state index is 13.0. The molecule has 20 heavy (non-hydrogen) atoms. The third-order valence-corrected chi connectivity index (χ3v) is 2.69. The number of nitrogens with one attached hydrogen (secondary N) is 1. The Balaban J connectivity index is 1.95. The van der Waals surface area contributed by atoms with E-state index in [1.165, 1.54) is 0 Å². The molecule has 6 heteroatoms. The number of carbonyl (C=O) groups excluding carboxylic acids is 1. The average molecular weight is 280 g/mol. The fraction of sp³-hybridized carbons (Fsp3) is 0.143. The van der Waals surface area contributed by atoms with Crippen LogP contribution in [0.1, 0.15) is 15.9 Å². The van der Waals surface area contributed by atoms with Crippen LogP contribution < -0.4 is 5.32 Å². The van der Waals surface area contributed by atoms with Crippen molar-refractivity contribution in [2.24, 2.45) is 0 Å². The summed E-state index contributed by atoms with van der Waals surface area (Å²) in [5.41, 5.74) is 0.716. The van der Waals surface area contributed by atoms with Gasteiger partial charge < -0.3 is 5.32 Å². The molecule has 1 amide bonds. The van der Waals surface area contributed by atoms with Crippen molar-refractivity contribution in [3.8, 4) is 0 Å². The molecule has 104 valence electrons. The number of rotatable bonds is 4. The molecule has 1 aromatic heterocycles.